The zero-order valence-corrected chi connectivity index (χ0v) is 18.7. The van der Waals surface area contributed by atoms with Crippen LogP contribution in [0.4, 0.5) is 5.69 Å². The number of hydrazine groups is 1. The van der Waals surface area contributed by atoms with Crippen LogP contribution in [0, 0.1) is 0 Å². The number of nitrogens with zero attached hydrogens (tertiary/aromatic N) is 3. The molecule has 0 spiro atoms. The number of benzene rings is 2. The van der Waals surface area contributed by atoms with Gasteiger partial charge in [0.2, 0.25) is 5.88 Å². The number of methoxy groups -OCH3 is 1. The van der Waals surface area contributed by atoms with Gasteiger partial charge in [-0.3, -0.25) is 15.6 Å². The summed E-state index contributed by atoms with van der Waals surface area (Å²) in [7, 11) is 1.58. The average molecular weight is 485 g/mol. The van der Waals surface area contributed by atoms with E-state index in [0.717, 1.165) is 17.0 Å². The second kappa shape index (κ2) is 10.1. The van der Waals surface area contributed by atoms with Crippen LogP contribution >= 0.6 is 23.8 Å². The number of carbonyl (C=O) groups is 1. The first-order valence-electron chi connectivity index (χ1n) is 9.52. The Morgan fingerprint density at radius 2 is 1.85 bits per heavy atom. The van der Waals surface area contributed by atoms with Crippen LogP contribution in [0.5, 0.6) is 11.6 Å². The van der Waals surface area contributed by atoms with E-state index in [1.165, 1.54) is 6.33 Å². The lowest BCUT2D eigenvalue weighted by Gasteiger charge is -2.12. The van der Waals surface area contributed by atoms with E-state index in [-0.39, 0.29) is 23.3 Å². The van der Waals surface area contributed by atoms with E-state index >= 15 is 0 Å². The summed E-state index contributed by atoms with van der Waals surface area (Å²) in [5.41, 5.74) is 7.22. The first-order chi connectivity index (χ1) is 16.0. The van der Waals surface area contributed by atoms with Crippen LogP contribution in [-0.4, -0.2) is 39.9 Å². The molecule has 33 heavy (non-hydrogen) atoms. The number of carbonyl (C=O) groups excluding carboxylic acids is 1. The first kappa shape index (κ1) is 22.2. The normalized spacial score (nSPS) is 10.5. The fraction of sp³-hybridized carbons (Fsp3) is 0.0952. The summed E-state index contributed by atoms with van der Waals surface area (Å²) in [5.74, 6) is 0.390. The molecule has 10 nitrogen and oxygen atoms in total. The van der Waals surface area contributed by atoms with Crippen molar-refractivity contribution in [3.63, 3.8) is 0 Å². The Morgan fingerprint density at radius 1 is 1.09 bits per heavy atom. The maximum atomic E-state index is 12.2. The third kappa shape index (κ3) is 5.45. The van der Waals surface area contributed by atoms with E-state index in [1.54, 1.807) is 55.6 Å². The van der Waals surface area contributed by atoms with Crippen LogP contribution in [0.15, 0.2) is 59.4 Å². The molecular formula is C21H17ClN6O4S. The zero-order chi connectivity index (χ0) is 23.2. The molecule has 4 rings (SSSR count). The van der Waals surface area contributed by atoms with Crippen LogP contribution in [0.1, 0.15) is 0 Å². The van der Waals surface area contributed by atoms with Gasteiger partial charge in [0.15, 0.2) is 11.7 Å². The number of ether oxygens (including phenoxy) is 2. The Bertz CT molecular complexity index is 1280. The molecule has 0 unspecified atom stereocenters. The number of thiocarbonyl (C=S) groups is 1. The van der Waals surface area contributed by atoms with Crippen LogP contribution in [0.25, 0.3) is 22.4 Å². The van der Waals surface area contributed by atoms with Gasteiger partial charge in [0.25, 0.3) is 11.6 Å². The summed E-state index contributed by atoms with van der Waals surface area (Å²) in [6.45, 7) is -0.338. The van der Waals surface area contributed by atoms with Crippen molar-refractivity contribution in [2.75, 3.05) is 19.0 Å². The number of nitrogens with one attached hydrogen (secondary N) is 3. The molecule has 0 aliphatic carbocycles. The molecule has 0 saturated heterocycles. The number of amides is 1. The minimum Gasteiger partial charge on any atom is -0.497 e. The van der Waals surface area contributed by atoms with Gasteiger partial charge in [0.1, 0.15) is 23.2 Å². The number of aromatic nitrogens is 3. The Balaban J connectivity index is 1.36. The van der Waals surface area contributed by atoms with Crippen molar-refractivity contribution >= 4 is 51.6 Å². The number of hydrogen-bond acceptors (Lipinski definition) is 8. The summed E-state index contributed by atoms with van der Waals surface area (Å²) in [5, 5.41) is 8.20. The van der Waals surface area contributed by atoms with Crippen molar-refractivity contribution in [2.45, 2.75) is 0 Å². The van der Waals surface area contributed by atoms with Gasteiger partial charge in [0.05, 0.1) is 7.11 Å². The van der Waals surface area contributed by atoms with Gasteiger partial charge in [-0.2, -0.15) is 4.98 Å². The second-order valence-corrected chi connectivity index (χ2v) is 7.39. The lowest BCUT2D eigenvalue weighted by molar-refractivity contribution is -0.123. The van der Waals surface area contributed by atoms with E-state index in [2.05, 4.69) is 31.3 Å². The number of anilines is 1. The van der Waals surface area contributed by atoms with Crippen LogP contribution in [-0.2, 0) is 4.79 Å². The largest absolute Gasteiger partial charge is 0.497 e. The average Bonchev–Trinajstić information content (AvgIpc) is 3.27. The maximum Gasteiger partial charge on any atom is 0.276 e. The summed E-state index contributed by atoms with van der Waals surface area (Å²) in [6.07, 6.45) is 1.26. The van der Waals surface area contributed by atoms with Crippen molar-refractivity contribution in [3.8, 4) is 22.9 Å². The van der Waals surface area contributed by atoms with Crippen LogP contribution in [0.2, 0.25) is 5.02 Å². The summed E-state index contributed by atoms with van der Waals surface area (Å²) < 4.78 is 16.0. The number of halogens is 1. The summed E-state index contributed by atoms with van der Waals surface area (Å²) in [6, 6.07) is 14.2. The SMILES string of the molecule is COc1ccc(NC(=S)NNC(=O)COc2ncnc3onc(-c4ccc(Cl)cc4)c23)cc1. The first-order valence-corrected chi connectivity index (χ1v) is 10.3. The predicted molar refractivity (Wildman–Crippen MR) is 126 cm³/mol. The maximum absolute atomic E-state index is 12.2. The molecule has 0 fully saturated rings. The molecule has 1 amide bonds. The number of hydrogen-bond donors (Lipinski definition) is 3. The van der Waals surface area contributed by atoms with Gasteiger partial charge in [-0.15, -0.1) is 0 Å². The van der Waals surface area contributed by atoms with E-state index in [4.69, 9.17) is 37.8 Å². The van der Waals surface area contributed by atoms with E-state index < -0.39 is 5.91 Å². The standard InChI is InChI=1S/C21H17ClN6O4S/c1-30-15-8-6-14(7-9-15)25-21(33)27-26-16(29)10-31-19-17-18(12-2-4-13(22)5-3-12)28-32-20(17)24-11-23-19/h2-9,11H,10H2,1H3,(H,26,29)(H2,25,27,33). The van der Waals surface area contributed by atoms with Crippen molar-refractivity contribution in [2.24, 2.45) is 0 Å². The highest BCUT2D eigenvalue weighted by Gasteiger charge is 2.18. The van der Waals surface area contributed by atoms with Gasteiger partial charge in [-0.05, 0) is 48.6 Å². The van der Waals surface area contributed by atoms with Crippen LogP contribution in [0.3, 0.4) is 0 Å². The summed E-state index contributed by atoms with van der Waals surface area (Å²) in [4.78, 5) is 20.4. The molecular weight excluding hydrogens is 468 g/mol. The minimum absolute atomic E-state index is 0.153. The molecule has 0 atom stereocenters. The third-order valence-electron chi connectivity index (χ3n) is 4.36. The van der Waals surface area contributed by atoms with E-state index in [0.29, 0.717) is 16.1 Å². The molecule has 0 aliphatic heterocycles. The lowest BCUT2D eigenvalue weighted by Crippen LogP contribution is -2.45. The zero-order valence-electron chi connectivity index (χ0n) is 17.2. The van der Waals surface area contributed by atoms with Crippen molar-refractivity contribution in [1.29, 1.82) is 0 Å². The quantitative estimate of drug-likeness (QED) is 0.277. The fourth-order valence-corrected chi connectivity index (χ4v) is 3.10. The molecule has 2 aromatic heterocycles. The molecule has 2 heterocycles. The fourth-order valence-electron chi connectivity index (χ4n) is 2.81. The van der Waals surface area contributed by atoms with Gasteiger partial charge in [-0.25, -0.2) is 4.98 Å². The van der Waals surface area contributed by atoms with E-state index in [1.807, 2.05) is 0 Å². The third-order valence-corrected chi connectivity index (χ3v) is 4.81. The number of rotatable bonds is 6. The number of fused-ring (bicyclic) bond motifs is 1. The molecule has 0 radical (unpaired) electrons. The predicted octanol–water partition coefficient (Wildman–Crippen LogP) is 3.34. The smallest absolute Gasteiger partial charge is 0.276 e. The van der Waals surface area contributed by atoms with Crippen LogP contribution < -0.4 is 25.6 Å². The lowest BCUT2D eigenvalue weighted by atomic mass is 10.1. The second-order valence-electron chi connectivity index (χ2n) is 6.54. The minimum atomic E-state index is -0.481. The van der Waals surface area contributed by atoms with Crippen molar-refractivity contribution in [1.82, 2.24) is 26.0 Å². The van der Waals surface area contributed by atoms with Crippen molar-refractivity contribution < 1.29 is 18.8 Å². The Morgan fingerprint density at radius 3 is 2.58 bits per heavy atom. The molecule has 168 valence electrons. The molecule has 2 aromatic carbocycles. The Labute approximate surface area is 198 Å². The van der Waals surface area contributed by atoms with Crippen molar-refractivity contribution in [3.05, 3.63) is 59.9 Å². The van der Waals surface area contributed by atoms with Gasteiger partial charge >= 0.3 is 0 Å². The molecule has 12 heteroatoms. The Kier molecular flexibility index (Phi) is 6.81. The topological polar surface area (TPSA) is 123 Å². The molecule has 0 saturated carbocycles. The molecule has 0 aliphatic rings. The highest BCUT2D eigenvalue weighted by atomic mass is 35.5. The van der Waals surface area contributed by atoms with E-state index in [9.17, 15) is 4.79 Å². The highest BCUT2D eigenvalue weighted by Crippen LogP contribution is 2.32. The molecule has 0 bridgehead atoms. The monoisotopic (exact) mass is 484 g/mol. The summed E-state index contributed by atoms with van der Waals surface area (Å²) >= 11 is 11.1. The highest BCUT2D eigenvalue weighted by molar-refractivity contribution is 7.80. The Hall–Kier alpha value is -3.96. The molecule has 4 aromatic rings. The van der Waals surface area contributed by atoms with Gasteiger partial charge in [0, 0.05) is 16.3 Å². The molecule has 3 N–H and O–H groups in total. The van der Waals surface area contributed by atoms with Gasteiger partial charge in [-0.1, -0.05) is 28.9 Å². The van der Waals surface area contributed by atoms with Gasteiger partial charge < -0.3 is 19.3 Å².